The number of oxime groups is 1. The minimum Gasteiger partial charge on any atom is -0.503 e. The maximum absolute atomic E-state index is 13.3. The molecule has 2 aliphatic heterocycles. The number of carboxylic acids is 1. The van der Waals surface area contributed by atoms with Crippen molar-refractivity contribution < 1.29 is 56.5 Å². The highest BCUT2D eigenvalue weighted by molar-refractivity contribution is 7.84. The summed E-state index contributed by atoms with van der Waals surface area (Å²) < 4.78 is 38.9. The molecule has 3 fully saturated rings. The van der Waals surface area contributed by atoms with E-state index >= 15 is 0 Å². The number of aromatic nitrogens is 3. The van der Waals surface area contributed by atoms with Crippen molar-refractivity contribution in [2.24, 2.45) is 5.16 Å². The van der Waals surface area contributed by atoms with Crippen molar-refractivity contribution in [2.45, 2.75) is 42.9 Å². The van der Waals surface area contributed by atoms with Crippen molar-refractivity contribution in [3.63, 3.8) is 0 Å². The van der Waals surface area contributed by atoms with Gasteiger partial charge in [0.1, 0.15) is 17.4 Å². The Morgan fingerprint density at radius 1 is 1.24 bits per heavy atom. The molecule has 4 amide bonds. The van der Waals surface area contributed by atoms with E-state index in [4.69, 9.17) is 15.1 Å². The number of hydrogen-bond donors (Lipinski definition) is 7. The zero-order valence-corrected chi connectivity index (χ0v) is 27.5. The highest BCUT2D eigenvalue weighted by Gasteiger charge is 2.56. The fourth-order valence-electron chi connectivity index (χ4n) is 5.38. The first-order valence-corrected chi connectivity index (χ1v) is 17.1. The van der Waals surface area contributed by atoms with Crippen molar-refractivity contribution in [1.29, 1.82) is 0 Å². The summed E-state index contributed by atoms with van der Waals surface area (Å²) >= 11 is 0.917. The van der Waals surface area contributed by atoms with E-state index < -0.39 is 81.0 Å². The number of aromatic hydroxyl groups is 1. The molecule has 8 N–H and O–H groups in total. The molecule has 3 aliphatic rings. The van der Waals surface area contributed by atoms with Gasteiger partial charge in [0.15, 0.2) is 16.6 Å². The fraction of sp³-hybridized carbons (Fsp3) is 0.370. The Morgan fingerprint density at radius 3 is 2.61 bits per heavy atom. The normalized spacial score (nSPS) is 21.2. The van der Waals surface area contributed by atoms with Gasteiger partial charge in [-0.2, -0.15) is 8.42 Å². The Hall–Kier alpha value is -5.88. The lowest BCUT2D eigenvalue weighted by Crippen LogP contribution is -2.74. The third kappa shape index (κ3) is 6.95. The molecule has 3 aromatic rings. The number of nitrogens with two attached hydrogens (primary N) is 1. The SMILES string of the molecule is Nc1nc(/C(=N/OC2(C(=O)O)CC2)C(=O)NC2C(=O)N(S(=O)(=O)O)C2CNC(=O)c2cc([C@H]3CCN(C(=O)c4cc(=O)c(O)c[nH]4)C3)no2)cs1. The van der Waals surface area contributed by atoms with E-state index in [-0.39, 0.29) is 58.4 Å². The minimum absolute atomic E-state index is 0.0173. The molecule has 1 aliphatic carbocycles. The number of hydrogen-bond acceptors (Lipinski definition) is 16. The minimum atomic E-state index is -5.16. The van der Waals surface area contributed by atoms with Crippen molar-refractivity contribution >= 4 is 62.1 Å². The summed E-state index contributed by atoms with van der Waals surface area (Å²) in [5.74, 6) is -6.33. The zero-order valence-electron chi connectivity index (χ0n) is 25.8. The van der Waals surface area contributed by atoms with Crippen LogP contribution >= 0.6 is 11.3 Å². The van der Waals surface area contributed by atoms with Crippen molar-refractivity contribution in [3.05, 3.63) is 56.8 Å². The van der Waals surface area contributed by atoms with Gasteiger partial charge in [-0.15, -0.1) is 11.3 Å². The predicted molar refractivity (Wildman–Crippen MR) is 169 cm³/mol. The van der Waals surface area contributed by atoms with Gasteiger partial charge in [-0.3, -0.25) is 28.5 Å². The highest BCUT2D eigenvalue weighted by atomic mass is 32.2. The monoisotopic (exact) mass is 749 g/mol. The molecule has 0 radical (unpaired) electrons. The van der Waals surface area contributed by atoms with Crippen LogP contribution in [0.5, 0.6) is 5.75 Å². The maximum Gasteiger partial charge on any atom is 0.362 e. The number of thiazole rings is 1. The van der Waals surface area contributed by atoms with Crippen LogP contribution in [-0.4, -0.2) is 120 Å². The molecule has 24 heteroatoms. The smallest absolute Gasteiger partial charge is 0.362 e. The molecular formula is C27H27N9O13S2. The van der Waals surface area contributed by atoms with Gasteiger partial charge in [-0.1, -0.05) is 10.3 Å². The Labute approximate surface area is 289 Å². The summed E-state index contributed by atoms with van der Waals surface area (Å²) in [4.78, 5) is 88.2. The van der Waals surface area contributed by atoms with Crippen molar-refractivity contribution in [3.8, 4) is 5.75 Å². The number of nitrogens with one attached hydrogen (secondary N) is 3. The molecule has 0 aromatic carbocycles. The molecule has 3 atom stereocenters. The zero-order chi connectivity index (χ0) is 36.8. The number of nitrogens with zero attached hydrogens (tertiary/aromatic N) is 5. The Bertz CT molecular complexity index is 2140. The molecule has 1 saturated carbocycles. The highest BCUT2D eigenvalue weighted by Crippen LogP contribution is 2.40. The third-order valence-corrected chi connectivity index (χ3v) is 9.95. The van der Waals surface area contributed by atoms with Crippen molar-refractivity contribution in [1.82, 2.24) is 35.0 Å². The van der Waals surface area contributed by atoms with E-state index in [1.54, 1.807) is 0 Å². The summed E-state index contributed by atoms with van der Waals surface area (Å²) in [6.45, 7) is -0.189. The van der Waals surface area contributed by atoms with Crippen LogP contribution in [0.4, 0.5) is 5.13 Å². The molecule has 0 bridgehead atoms. The number of anilines is 1. The van der Waals surface area contributed by atoms with E-state index in [0.29, 0.717) is 12.1 Å². The summed E-state index contributed by atoms with van der Waals surface area (Å²) in [6, 6.07) is -0.901. The number of pyridine rings is 1. The predicted octanol–water partition coefficient (Wildman–Crippen LogP) is -2.00. The number of aromatic amines is 1. The number of carbonyl (C=O) groups is 5. The van der Waals surface area contributed by atoms with E-state index in [1.165, 1.54) is 16.3 Å². The van der Waals surface area contributed by atoms with Gasteiger partial charge >= 0.3 is 16.3 Å². The van der Waals surface area contributed by atoms with Gasteiger partial charge in [-0.05, 0) is 6.42 Å². The second-order valence-corrected chi connectivity index (χ2v) is 13.9. The van der Waals surface area contributed by atoms with Gasteiger partial charge in [0, 0.05) is 62.1 Å². The largest absolute Gasteiger partial charge is 0.503 e. The van der Waals surface area contributed by atoms with Crippen LogP contribution in [0.25, 0.3) is 0 Å². The number of amides is 4. The molecular weight excluding hydrogens is 722 g/mol. The average molecular weight is 750 g/mol. The van der Waals surface area contributed by atoms with Gasteiger partial charge in [0.2, 0.25) is 16.8 Å². The summed E-state index contributed by atoms with van der Waals surface area (Å²) in [7, 11) is -5.16. The fourth-order valence-corrected chi connectivity index (χ4v) is 6.81. The average Bonchev–Trinajstić information content (AvgIpc) is 3.40. The van der Waals surface area contributed by atoms with Crippen LogP contribution in [0.15, 0.2) is 38.2 Å². The van der Waals surface area contributed by atoms with Crippen LogP contribution in [0.1, 0.15) is 57.6 Å². The first-order chi connectivity index (χ1) is 24.1. The second kappa shape index (κ2) is 13.1. The van der Waals surface area contributed by atoms with Crippen LogP contribution in [-0.2, 0) is 29.5 Å². The standard InChI is InChI=1S/C27H27N9O13S2/c28-26-31-14(10-50-26)19(34-49-27(2-3-27)25(43)44)22(40)32-20-15(36(24(20)42)51(45,46)47)7-30-21(39)18-6-12(33-48-18)11-1-4-35(9-11)23(41)13-5-16(37)17(38)8-29-13/h5-6,8,10-11,15,20,38H,1-4,7,9H2,(H2,28,31)(H,29,37)(H,30,39)(H,32,40)(H,43,44)(H,45,46,47)/b34-19-/t11-,15?,20?/m0/s1. The van der Waals surface area contributed by atoms with Gasteiger partial charge < -0.3 is 45.8 Å². The number of H-pyrrole nitrogens is 1. The lowest BCUT2D eigenvalue weighted by Gasteiger charge is -2.44. The van der Waals surface area contributed by atoms with Crippen LogP contribution in [0.3, 0.4) is 0 Å². The molecule has 2 unspecified atom stereocenters. The molecule has 22 nitrogen and oxygen atoms in total. The number of aliphatic carboxylic acids is 1. The molecule has 270 valence electrons. The summed E-state index contributed by atoms with van der Waals surface area (Å²) in [5.41, 5.74) is 2.84. The number of nitrogen functional groups attached to an aromatic ring is 1. The number of carboxylic acid groups (broad SMARTS) is 1. The van der Waals surface area contributed by atoms with Crippen LogP contribution in [0.2, 0.25) is 0 Å². The van der Waals surface area contributed by atoms with Crippen molar-refractivity contribution in [2.75, 3.05) is 25.4 Å². The summed E-state index contributed by atoms with van der Waals surface area (Å²) in [6.07, 6.45) is 1.66. The molecule has 6 rings (SSSR count). The van der Waals surface area contributed by atoms with Crippen LogP contribution in [0, 0.1) is 0 Å². The Kier molecular flexibility index (Phi) is 8.98. The molecule has 5 heterocycles. The lowest BCUT2D eigenvalue weighted by atomic mass is 9.98. The maximum atomic E-state index is 13.3. The second-order valence-electron chi connectivity index (χ2n) is 11.7. The number of likely N-dealkylation sites (tertiary alicyclic amines) is 1. The van der Waals surface area contributed by atoms with Gasteiger partial charge in [-0.25, -0.2) is 14.1 Å². The molecule has 3 aromatic heterocycles. The topological polar surface area (TPSA) is 330 Å². The number of carbonyl (C=O) groups excluding carboxylic acids is 4. The molecule has 0 spiro atoms. The van der Waals surface area contributed by atoms with E-state index in [1.807, 2.05) is 0 Å². The summed E-state index contributed by atoms with van der Waals surface area (Å²) in [5, 5.41) is 32.3. The van der Waals surface area contributed by atoms with E-state index in [9.17, 15) is 52.0 Å². The van der Waals surface area contributed by atoms with Gasteiger partial charge in [0.25, 0.3) is 23.6 Å². The van der Waals surface area contributed by atoms with E-state index in [2.05, 4.69) is 30.9 Å². The first-order valence-electron chi connectivity index (χ1n) is 14.9. The lowest BCUT2D eigenvalue weighted by molar-refractivity contribution is -0.153. The Balaban J connectivity index is 1.11. The quantitative estimate of drug-likeness (QED) is 0.0456. The van der Waals surface area contributed by atoms with Crippen LogP contribution < -0.4 is 21.8 Å². The Morgan fingerprint density at radius 2 is 1.98 bits per heavy atom. The molecule has 51 heavy (non-hydrogen) atoms. The van der Waals surface area contributed by atoms with Gasteiger partial charge in [0.05, 0.1) is 11.7 Å². The van der Waals surface area contributed by atoms with E-state index in [0.717, 1.165) is 23.6 Å². The number of β-lactam (4-membered cyclic amide) rings is 1. The first kappa shape index (κ1) is 35.0. The third-order valence-electron chi connectivity index (χ3n) is 8.33. The number of rotatable bonds is 12. The molecule has 2 saturated heterocycles.